The Balaban J connectivity index is 2.26. The van der Waals surface area contributed by atoms with Crippen LogP contribution in [0.5, 0.6) is 5.75 Å². The Labute approximate surface area is 116 Å². The molecule has 2 atom stereocenters. The van der Waals surface area contributed by atoms with Crippen LogP contribution in [0.25, 0.3) is 0 Å². The first-order chi connectivity index (χ1) is 9.01. The summed E-state index contributed by atoms with van der Waals surface area (Å²) in [4.78, 5) is 12.7. The predicted molar refractivity (Wildman–Crippen MR) is 77.7 cm³/mol. The number of rotatable bonds is 3. The van der Waals surface area contributed by atoms with Crippen LogP contribution >= 0.6 is 0 Å². The molecular formula is C17H24O2. The van der Waals surface area contributed by atoms with Crippen LogP contribution in [0.15, 0.2) is 18.2 Å². The molecule has 1 saturated carbocycles. The second-order valence-corrected chi connectivity index (χ2v) is 6.18. The van der Waals surface area contributed by atoms with E-state index >= 15 is 0 Å². The van der Waals surface area contributed by atoms with E-state index in [0.717, 1.165) is 24.0 Å². The van der Waals surface area contributed by atoms with Gasteiger partial charge in [-0.05, 0) is 50.2 Å². The Morgan fingerprint density at radius 3 is 2.37 bits per heavy atom. The van der Waals surface area contributed by atoms with E-state index in [9.17, 15) is 4.79 Å². The van der Waals surface area contributed by atoms with E-state index < -0.39 is 0 Å². The van der Waals surface area contributed by atoms with Gasteiger partial charge in [0.25, 0.3) is 0 Å². The van der Waals surface area contributed by atoms with Crippen molar-refractivity contribution < 1.29 is 9.53 Å². The number of ketones is 1. The molecule has 0 radical (unpaired) electrons. The van der Waals surface area contributed by atoms with Gasteiger partial charge in [-0.3, -0.25) is 4.79 Å². The highest BCUT2D eigenvalue weighted by atomic mass is 16.5. The summed E-state index contributed by atoms with van der Waals surface area (Å²) in [5.41, 5.74) is 1.87. The third-order valence-electron chi connectivity index (χ3n) is 4.17. The maximum absolute atomic E-state index is 12.7. The lowest BCUT2D eigenvalue weighted by Crippen LogP contribution is -2.26. The average molecular weight is 260 g/mol. The first-order valence-corrected chi connectivity index (χ1v) is 7.20. The summed E-state index contributed by atoms with van der Waals surface area (Å²) in [6.07, 6.45) is 3.27. The number of carbonyl (C=O) groups is 1. The van der Waals surface area contributed by atoms with Gasteiger partial charge in [0.05, 0.1) is 12.7 Å². The Morgan fingerprint density at radius 2 is 1.79 bits per heavy atom. The van der Waals surface area contributed by atoms with Crippen LogP contribution in [0.3, 0.4) is 0 Å². The number of carbonyl (C=O) groups excluding carboxylic acids is 1. The fourth-order valence-corrected chi connectivity index (χ4v) is 3.40. The highest BCUT2D eigenvalue weighted by Gasteiger charge is 2.30. The van der Waals surface area contributed by atoms with E-state index in [1.807, 2.05) is 25.1 Å². The second kappa shape index (κ2) is 5.77. The molecule has 0 N–H and O–H groups in total. The molecule has 1 aliphatic rings. The van der Waals surface area contributed by atoms with E-state index in [4.69, 9.17) is 4.74 Å². The van der Waals surface area contributed by atoms with Gasteiger partial charge in [-0.2, -0.15) is 0 Å². The summed E-state index contributed by atoms with van der Waals surface area (Å²) in [5.74, 6) is 2.43. The minimum absolute atomic E-state index is 0.162. The van der Waals surface area contributed by atoms with Crippen LogP contribution in [0.1, 0.15) is 49.0 Å². The Morgan fingerprint density at radius 1 is 1.16 bits per heavy atom. The zero-order valence-corrected chi connectivity index (χ0v) is 12.4. The molecule has 1 fully saturated rings. The van der Waals surface area contributed by atoms with Crippen LogP contribution in [-0.2, 0) is 0 Å². The van der Waals surface area contributed by atoms with Gasteiger partial charge in [0.15, 0.2) is 5.78 Å². The zero-order valence-electron chi connectivity index (χ0n) is 12.4. The molecule has 0 spiro atoms. The molecule has 1 aromatic carbocycles. The van der Waals surface area contributed by atoms with Crippen molar-refractivity contribution in [2.24, 2.45) is 17.8 Å². The number of ether oxygens (including phenoxy) is 1. The highest BCUT2D eigenvalue weighted by molar-refractivity contribution is 6.00. The quantitative estimate of drug-likeness (QED) is 0.759. The van der Waals surface area contributed by atoms with E-state index in [0.29, 0.717) is 17.6 Å². The lowest BCUT2D eigenvalue weighted by atomic mass is 9.74. The van der Waals surface area contributed by atoms with Crippen LogP contribution < -0.4 is 4.74 Å². The van der Waals surface area contributed by atoms with Gasteiger partial charge >= 0.3 is 0 Å². The van der Waals surface area contributed by atoms with Crippen molar-refractivity contribution in [2.75, 3.05) is 7.11 Å². The van der Waals surface area contributed by atoms with Gasteiger partial charge in [-0.1, -0.05) is 25.5 Å². The minimum atomic E-state index is 0.162. The fraction of sp³-hybridized carbons (Fsp3) is 0.588. The summed E-state index contributed by atoms with van der Waals surface area (Å²) in [7, 11) is 1.63. The largest absolute Gasteiger partial charge is 0.496 e. The smallest absolute Gasteiger partial charge is 0.169 e. The number of hydrogen-bond donors (Lipinski definition) is 0. The number of Topliss-reactive ketones (excluding diaryl/α,β-unsaturated/α-hetero) is 1. The monoisotopic (exact) mass is 260 g/mol. The summed E-state index contributed by atoms with van der Waals surface area (Å²) >= 11 is 0. The van der Waals surface area contributed by atoms with Crippen molar-refractivity contribution in [3.63, 3.8) is 0 Å². The van der Waals surface area contributed by atoms with E-state index in [-0.39, 0.29) is 11.7 Å². The normalized spacial score (nSPS) is 27.1. The van der Waals surface area contributed by atoms with Crippen molar-refractivity contribution in [3.8, 4) is 5.75 Å². The van der Waals surface area contributed by atoms with Crippen molar-refractivity contribution >= 4 is 5.78 Å². The second-order valence-electron chi connectivity index (χ2n) is 6.18. The van der Waals surface area contributed by atoms with Crippen LogP contribution in [0, 0.1) is 24.7 Å². The fourth-order valence-electron chi connectivity index (χ4n) is 3.40. The minimum Gasteiger partial charge on any atom is -0.496 e. The summed E-state index contributed by atoms with van der Waals surface area (Å²) < 4.78 is 5.35. The van der Waals surface area contributed by atoms with Crippen LogP contribution in [-0.4, -0.2) is 12.9 Å². The molecule has 0 aromatic heterocycles. The lowest BCUT2D eigenvalue weighted by Gasteiger charge is -2.30. The summed E-state index contributed by atoms with van der Waals surface area (Å²) in [6, 6.07) is 5.85. The summed E-state index contributed by atoms with van der Waals surface area (Å²) in [5, 5.41) is 0. The van der Waals surface area contributed by atoms with Gasteiger partial charge in [0, 0.05) is 5.92 Å². The number of hydrogen-bond acceptors (Lipinski definition) is 2. The van der Waals surface area contributed by atoms with Crippen LogP contribution in [0.4, 0.5) is 0 Å². The Bertz CT molecular complexity index is 454. The van der Waals surface area contributed by atoms with Gasteiger partial charge in [0.1, 0.15) is 5.75 Å². The van der Waals surface area contributed by atoms with Crippen molar-refractivity contribution in [1.82, 2.24) is 0 Å². The molecule has 104 valence electrons. The molecule has 0 amide bonds. The molecule has 0 heterocycles. The average Bonchev–Trinajstić information content (AvgIpc) is 2.36. The van der Waals surface area contributed by atoms with Crippen molar-refractivity contribution in [2.45, 2.75) is 40.0 Å². The molecule has 2 rings (SSSR count). The molecule has 19 heavy (non-hydrogen) atoms. The molecule has 0 bridgehead atoms. The summed E-state index contributed by atoms with van der Waals surface area (Å²) in [6.45, 7) is 6.52. The Kier molecular flexibility index (Phi) is 4.28. The van der Waals surface area contributed by atoms with Gasteiger partial charge in [-0.25, -0.2) is 0 Å². The van der Waals surface area contributed by atoms with Gasteiger partial charge in [-0.15, -0.1) is 0 Å². The Hall–Kier alpha value is -1.31. The molecular weight excluding hydrogens is 236 g/mol. The first kappa shape index (κ1) is 14.1. The first-order valence-electron chi connectivity index (χ1n) is 7.20. The number of methoxy groups -OCH3 is 1. The maximum Gasteiger partial charge on any atom is 0.169 e. The zero-order chi connectivity index (χ0) is 14.0. The maximum atomic E-state index is 12.7. The molecule has 0 saturated heterocycles. The SMILES string of the molecule is COc1ccc(C)cc1C(=O)C1CC(C)CC(C)C1. The lowest BCUT2D eigenvalue weighted by molar-refractivity contribution is 0.0833. The standard InChI is InChI=1S/C17H24O2/c1-11-5-6-16(19-4)15(10-11)17(18)14-8-12(2)7-13(3)9-14/h5-6,10,12-14H,7-9H2,1-4H3. The van der Waals surface area contributed by atoms with E-state index in [2.05, 4.69) is 13.8 Å². The molecule has 0 aliphatic heterocycles. The highest BCUT2D eigenvalue weighted by Crippen LogP contribution is 2.36. The molecule has 2 unspecified atom stereocenters. The molecule has 2 heteroatoms. The predicted octanol–water partition coefficient (Wildman–Crippen LogP) is 4.26. The van der Waals surface area contributed by atoms with Gasteiger partial charge in [0.2, 0.25) is 0 Å². The van der Waals surface area contributed by atoms with Gasteiger partial charge < -0.3 is 4.74 Å². The molecule has 1 aliphatic carbocycles. The number of benzene rings is 1. The third kappa shape index (κ3) is 3.17. The van der Waals surface area contributed by atoms with E-state index in [1.165, 1.54) is 6.42 Å². The molecule has 1 aromatic rings. The van der Waals surface area contributed by atoms with E-state index in [1.54, 1.807) is 7.11 Å². The van der Waals surface area contributed by atoms with Crippen LogP contribution in [0.2, 0.25) is 0 Å². The van der Waals surface area contributed by atoms with Crippen molar-refractivity contribution in [3.05, 3.63) is 29.3 Å². The topological polar surface area (TPSA) is 26.3 Å². The van der Waals surface area contributed by atoms with Crippen molar-refractivity contribution in [1.29, 1.82) is 0 Å². The number of aryl methyl sites for hydroxylation is 1. The molecule has 2 nitrogen and oxygen atoms in total. The third-order valence-corrected chi connectivity index (χ3v) is 4.17.